The molecule has 0 unspecified atom stereocenters. The Balaban J connectivity index is 1.75. The maximum absolute atomic E-state index is 6.31. The van der Waals surface area contributed by atoms with Gasteiger partial charge in [-0.2, -0.15) is 0 Å². The Hall–Kier alpha value is -2.41. The van der Waals surface area contributed by atoms with Crippen LogP contribution in [0.25, 0.3) is 17.3 Å². The molecule has 0 aliphatic carbocycles. The Kier molecular flexibility index (Phi) is 5.62. The lowest BCUT2D eigenvalue weighted by molar-refractivity contribution is 0.412. The number of nitrogens with zero attached hydrogens (tertiary/aromatic N) is 3. The molecule has 0 atom stereocenters. The zero-order valence-electron chi connectivity index (χ0n) is 14.8. The summed E-state index contributed by atoms with van der Waals surface area (Å²) in [6, 6.07) is 16.8. The van der Waals surface area contributed by atoms with Gasteiger partial charge in [0, 0.05) is 15.8 Å². The van der Waals surface area contributed by atoms with Crippen LogP contribution in [-0.2, 0) is 5.75 Å². The highest BCUT2D eigenvalue weighted by atomic mass is 35.5. The fourth-order valence-corrected chi connectivity index (χ4v) is 4.24. The zero-order valence-corrected chi connectivity index (χ0v) is 17.1. The van der Waals surface area contributed by atoms with Gasteiger partial charge >= 0.3 is 0 Å². The number of hydrogen-bond acceptors (Lipinski definition) is 5. The minimum absolute atomic E-state index is 0.596. The summed E-state index contributed by atoms with van der Waals surface area (Å²) in [6.45, 7) is 0. The molecule has 0 saturated carbocycles. The van der Waals surface area contributed by atoms with Crippen LogP contribution in [-0.4, -0.2) is 21.9 Å². The maximum Gasteiger partial charge on any atom is 0.205 e. The van der Waals surface area contributed by atoms with E-state index in [0.717, 1.165) is 11.3 Å². The zero-order chi connectivity index (χ0) is 19.5. The third-order valence-electron chi connectivity index (χ3n) is 4.07. The maximum atomic E-state index is 6.31. The molecule has 28 heavy (non-hydrogen) atoms. The summed E-state index contributed by atoms with van der Waals surface area (Å²) in [5.41, 5.74) is 1.79. The molecule has 0 amide bonds. The predicted octanol–water partition coefficient (Wildman–Crippen LogP) is 6.14. The van der Waals surface area contributed by atoms with Crippen molar-refractivity contribution in [2.45, 2.75) is 10.9 Å². The molecule has 4 rings (SSSR count). The number of ether oxygens (including phenoxy) is 1. The number of rotatable bonds is 6. The molecule has 0 aliphatic heterocycles. The first kappa shape index (κ1) is 18.9. The minimum atomic E-state index is 0.596. The second-order valence-corrected chi connectivity index (χ2v) is 7.60. The van der Waals surface area contributed by atoms with Gasteiger partial charge in [-0.1, -0.05) is 53.2 Å². The van der Waals surface area contributed by atoms with Gasteiger partial charge in [0.25, 0.3) is 0 Å². The van der Waals surface area contributed by atoms with Crippen molar-refractivity contribution in [1.82, 2.24) is 14.8 Å². The number of aromatic nitrogens is 3. The third-order valence-corrected chi connectivity index (χ3v) is 5.64. The summed E-state index contributed by atoms with van der Waals surface area (Å²) < 4.78 is 13.0. The van der Waals surface area contributed by atoms with E-state index < -0.39 is 0 Å². The lowest BCUT2D eigenvalue weighted by Crippen LogP contribution is -2.02. The monoisotopic (exact) mass is 431 g/mol. The number of furan rings is 1. The van der Waals surface area contributed by atoms with Crippen molar-refractivity contribution in [3.05, 3.63) is 76.5 Å². The van der Waals surface area contributed by atoms with Crippen molar-refractivity contribution < 1.29 is 9.15 Å². The van der Waals surface area contributed by atoms with E-state index in [9.17, 15) is 0 Å². The number of methoxy groups -OCH3 is 1. The molecule has 4 aromatic rings. The fraction of sp³-hybridized carbons (Fsp3) is 0.100. The molecule has 142 valence electrons. The number of benzene rings is 2. The molecule has 0 radical (unpaired) electrons. The topological polar surface area (TPSA) is 53.1 Å². The molecule has 5 nitrogen and oxygen atoms in total. The summed E-state index contributed by atoms with van der Waals surface area (Å²) in [5.74, 6) is 2.54. The second-order valence-electron chi connectivity index (χ2n) is 5.82. The van der Waals surface area contributed by atoms with Gasteiger partial charge in [-0.15, -0.1) is 10.2 Å². The van der Waals surface area contributed by atoms with E-state index in [1.54, 1.807) is 19.4 Å². The first-order valence-electron chi connectivity index (χ1n) is 8.37. The lowest BCUT2D eigenvalue weighted by atomic mass is 10.2. The van der Waals surface area contributed by atoms with Gasteiger partial charge in [-0.05, 0) is 42.0 Å². The van der Waals surface area contributed by atoms with E-state index in [-0.39, 0.29) is 0 Å². The number of para-hydroxylation sites is 2. The molecule has 0 spiro atoms. The normalized spacial score (nSPS) is 11.0. The van der Waals surface area contributed by atoms with Crippen LogP contribution < -0.4 is 4.74 Å². The molecule has 2 heterocycles. The summed E-state index contributed by atoms with van der Waals surface area (Å²) in [4.78, 5) is 0. The second kappa shape index (κ2) is 8.31. The first-order valence-corrected chi connectivity index (χ1v) is 10.1. The van der Waals surface area contributed by atoms with Crippen LogP contribution in [0.2, 0.25) is 10.0 Å². The van der Waals surface area contributed by atoms with Crippen LogP contribution in [0.3, 0.4) is 0 Å². The van der Waals surface area contributed by atoms with E-state index in [1.165, 1.54) is 11.8 Å². The van der Waals surface area contributed by atoms with Gasteiger partial charge in [0.15, 0.2) is 10.9 Å². The molecular weight excluding hydrogens is 417 g/mol. The van der Waals surface area contributed by atoms with Crippen molar-refractivity contribution in [2.24, 2.45) is 0 Å². The van der Waals surface area contributed by atoms with Gasteiger partial charge in [0.1, 0.15) is 5.75 Å². The van der Waals surface area contributed by atoms with Gasteiger partial charge in [-0.25, -0.2) is 0 Å². The molecule has 0 aliphatic rings. The minimum Gasteiger partial charge on any atom is -0.495 e. The van der Waals surface area contributed by atoms with E-state index >= 15 is 0 Å². The van der Waals surface area contributed by atoms with Crippen molar-refractivity contribution in [3.63, 3.8) is 0 Å². The van der Waals surface area contributed by atoms with Crippen molar-refractivity contribution in [2.75, 3.05) is 7.11 Å². The Morgan fingerprint density at radius 1 is 1.07 bits per heavy atom. The Morgan fingerprint density at radius 2 is 1.93 bits per heavy atom. The smallest absolute Gasteiger partial charge is 0.205 e. The molecular formula is C20H15Cl2N3O2S. The Bertz CT molecular complexity index is 1100. The number of hydrogen-bond donors (Lipinski definition) is 0. The van der Waals surface area contributed by atoms with E-state index in [0.29, 0.717) is 38.3 Å². The van der Waals surface area contributed by atoms with Crippen LogP contribution in [0.1, 0.15) is 5.56 Å². The molecule has 8 heteroatoms. The van der Waals surface area contributed by atoms with Crippen molar-refractivity contribution >= 4 is 35.0 Å². The molecule has 2 aromatic carbocycles. The van der Waals surface area contributed by atoms with Crippen LogP contribution >= 0.6 is 35.0 Å². The van der Waals surface area contributed by atoms with Crippen LogP contribution in [0, 0.1) is 0 Å². The standard InChI is InChI=1S/C20H15Cl2N3O2S/c1-26-17-6-3-2-5-16(17)25-19(18-7-4-10-27-18)23-24-20(25)28-12-13-8-9-14(21)11-15(13)22/h2-11H,12H2,1H3. The van der Waals surface area contributed by atoms with Crippen molar-refractivity contribution in [3.8, 4) is 23.0 Å². The van der Waals surface area contributed by atoms with Crippen LogP contribution in [0.4, 0.5) is 0 Å². The Morgan fingerprint density at radius 3 is 2.68 bits per heavy atom. The highest BCUT2D eigenvalue weighted by Gasteiger charge is 2.20. The molecule has 0 bridgehead atoms. The molecule has 0 fully saturated rings. The van der Waals surface area contributed by atoms with E-state index in [1.807, 2.05) is 53.1 Å². The molecule has 2 aromatic heterocycles. The predicted molar refractivity (Wildman–Crippen MR) is 112 cm³/mol. The third kappa shape index (κ3) is 3.76. The average Bonchev–Trinajstić information content (AvgIpc) is 3.37. The summed E-state index contributed by atoms with van der Waals surface area (Å²) in [5, 5.41) is 10.6. The van der Waals surface area contributed by atoms with Crippen LogP contribution in [0.5, 0.6) is 5.75 Å². The molecule has 0 saturated heterocycles. The Labute approximate surface area is 176 Å². The highest BCUT2D eigenvalue weighted by molar-refractivity contribution is 7.98. The number of halogens is 2. The summed E-state index contributed by atoms with van der Waals surface area (Å²) in [6.07, 6.45) is 1.61. The summed E-state index contributed by atoms with van der Waals surface area (Å²) in [7, 11) is 1.63. The lowest BCUT2D eigenvalue weighted by Gasteiger charge is -2.13. The highest BCUT2D eigenvalue weighted by Crippen LogP contribution is 2.34. The van der Waals surface area contributed by atoms with Crippen LogP contribution in [0.15, 0.2) is 70.4 Å². The van der Waals surface area contributed by atoms with E-state index in [2.05, 4.69) is 10.2 Å². The SMILES string of the molecule is COc1ccccc1-n1c(SCc2ccc(Cl)cc2Cl)nnc1-c1ccco1. The quantitative estimate of drug-likeness (QED) is 0.343. The largest absolute Gasteiger partial charge is 0.495 e. The van der Waals surface area contributed by atoms with Gasteiger partial charge in [0.2, 0.25) is 5.82 Å². The average molecular weight is 432 g/mol. The van der Waals surface area contributed by atoms with Gasteiger partial charge in [0.05, 0.1) is 19.1 Å². The van der Waals surface area contributed by atoms with Crippen molar-refractivity contribution in [1.29, 1.82) is 0 Å². The molecule has 0 N–H and O–H groups in total. The van der Waals surface area contributed by atoms with E-state index in [4.69, 9.17) is 32.4 Å². The summed E-state index contributed by atoms with van der Waals surface area (Å²) >= 11 is 13.8. The van der Waals surface area contributed by atoms with Gasteiger partial charge < -0.3 is 9.15 Å². The fourth-order valence-electron chi connectivity index (χ4n) is 2.74. The number of thioether (sulfide) groups is 1. The first-order chi connectivity index (χ1) is 13.7. The van der Waals surface area contributed by atoms with Gasteiger partial charge in [-0.3, -0.25) is 4.57 Å².